The zero-order chi connectivity index (χ0) is 15.7. The molecule has 0 fully saturated rings. The van der Waals surface area contributed by atoms with Crippen LogP contribution in [0.1, 0.15) is 56.0 Å². The number of benzene rings is 1. The van der Waals surface area contributed by atoms with Crippen molar-refractivity contribution in [1.82, 2.24) is 0 Å². The Morgan fingerprint density at radius 1 is 1.24 bits per heavy atom. The van der Waals surface area contributed by atoms with Crippen molar-refractivity contribution in [1.29, 1.82) is 0 Å². The molecule has 0 radical (unpaired) electrons. The van der Waals surface area contributed by atoms with Crippen LogP contribution in [0.3, 0.4) is 0 Å². The van der Waals surface area contributed by atoms with E-state index in [1.165, 1.54) is 5.56 Å². The fourth-order valence-corrected chi connectivity index (χ4v) is 2.24. The first kappa shape index (κ1) is 17.7. The monoisotopic (exact) mass is 292 g/mol. The van der Waals surface area contributed by atoms with E-state index in [2.05, 4.69) is 20.8 Å². The first-order valence-corrected chi connectivity index (χ1v) is 7.85. The van der Waals surface area contributed by atoms with Gasteiger partial charge in [-0.15, -0.1) is 0 Å². The van der Waals surface area contributed by atoms with E-state index in [4.69, 9.17) is 9.47 Å². The molecule has 1 unspecified atom stereocenters. The summed E-state index contributed by atoms with van der Waals surface area (Å²) in [5.41, 5.74) is 1.81. The van der Waals surface area contributed by atoms with Gasteiger partial charge in [-0.3, -0.25) is 0 Å². The normalized spacial score (nSPS) is 12.4. The average Bonchev–Trinajstić information content (AvgIpc) is 2.45. The molecule has 1 aromatic rings. The molecule has 0 saturated carbocycles. The summed E-state index contributed by atoms with van der Waals surface area (Å²) in [6.45, 7) is 6.92. The largest absolute Gasteiger partial charge is 0.456 e. The zero-order valence-electron chi connectivity index (χ0n) is 13.7. The number of rotatable bonds is 9. The molecule has 0 aliphatic carbocycles. The van der Waals surface area contributed by atoms with E-state index >= 15 is 0 Å². The van der Waals surface area contributed by atoms with Gasteiger partial charge in [0.25, 0.3) is 0 Å². The first-order chi connectivity index (χ1) is 10.1. The molecule has 0 bridgehead atoms. The van der Waals surface area contributed by atoms with Gasteiger partial charge in [-0.1, -0.05) is 39.3 Å². The Bertz CT molecular complexity index is 426. The van der Waals surface area contributed by atoms with Crippen LogP contribution >= 0.6 is 0 Å². The highest BCUT2D eigenvalue weighted by molar-refractivity contribution is 5.89. The third-order valence-corrected chi connectivity index (χ3v) is 3.39. The van der Waals surface area contributed by atoms with Gasteiger partial charge in [-0.05, 0) is 42.9 Å². The highest BCUT2D eigenvalue weighted by Gasteiger charge is 2.16. The molecule has 0 aliphatic rings. The molecule has 0 aromatic heterocycles. The van der Waals surface area contributed by atoms with Crippen molar-refractivity contribution in [3.8, 4) is 0 Å². The van der Waals surface area contributed by atoms with Crippen LogP contribution in [0.15, 0.2) is 24.3 Å². The van der Waals surface area contributed by atoms with Crippen LogP contribution in [0.5, 0.6) is 0 Å². The second-order valence-corrected chi connectivity index (χ2v) is 5.90. The molecule has 0 aliphatic heterocycles. The van der Waals surface area contributed by atoms with Gasteiger partial charge in [-0.25, -0.2) is 4.79 Å². The Balaban J connectivity index is 2.65. The number of hydrogen-bond acceptors (Lipinski definition) is 3. The van der Waals surface area contributed by atoms with Crippen LogP contribution in [0.2, 0.25) is 0 Å². The number of esters is 1. The summed E-state index contributed by atoms with van der Waals surface area (Å²) < 4.78 is 10.8. The summed E-state index contributed by atoms with van der Waals surface area (Å²) in [6, 6.07) is 7.71. The summed E-state index contributed by atoms with van der Waals surface area (Å²) in [6.07, 6.45) is 3.75. The van der Waals surface area contributed by atoms with E-state index in [1.807, 2.05) is 24.3 Å². The third-order valence-electron chi connectivity index (χ3n) is 3.39. The first-order valence-electron chi connectivity index (χ1n) is 7.85. The van der Waals surface area contributed by atoms with Crippen LogP contribution < -0.4 is 0 Å². The highest BCUT2D eigenvalue weighted by Crippen LogP contribution is 2.14. The Morgan fingerprint density at radius 3 is 2.62 bits per heavy atom. The number of hydrogen-bond donors (Lipinski definition) is 0. The molecular weight excluding hydrogens is 264 g/mol. The van der Waals surface area contributed by atoms with Crippen molar-refractivity contribution in [2.75, 3.05) is 13.7 Å². The molecule has 0 N–H and O–H groups in total. The number of carbonyl (C=O) groups is 1. The van der Waals surface area contributed by atoms with Gasteiger partial charge in [-0.2, -0.15) is 0 Å². The molecule has 1 rings (SSSR count). The Hall–Kier alpha value is -1.35. The minimum atomic E-state index is -0.251. The molecule has 3 nitrogen and oxygen atoms in total. The van der Waals surface area contributed by atoms with Gasteiger partial charge in [0.2, 0.25) is 0 Å². The van der Waals surface area contributed by atoms with Crippen LogP contribution in [0.25, 0.3) is 0 Å². The van der Waals surface area contributed by atoms with Gasteiger partial charge in [0, 0.05) is 7.11 Å². The maximum Gasteiger partial charge on any atom is 0.338 e. The molecule has 1 atom stereocenters. The van der Waals surface area contributed by atoms with Gasteiger partial charge in [0.05, 0.1) is 12.2 Å². The number of ether oxygens (including phenoxy) is 2. The predicted molar refractivity (Wildman–Crippen MR) is 85.6 cm³/mol. The molecule has 1 aromatic carbocycles. The quantitative estimate of drug-likeness (QED) is 0.638. The van der Waals surface area contributed by atoms with Gasteiger partial charge >= 0.3 is 5.97 Å². The summed E-state index contributed by atoms with van der Waals surface area (Å²) in [7, 11) is 1.64. The standard InChI is InChI=1S/C18H28O3/c1-5-7-15-8-6-9-16(12-15)18(19)21-17(13-20-4)11-10-14(2)3/h6,8-9,12,14,17H,5,7,10-11,13H2,1-4H3. The van der Waals surface area contributed by atoms with Crippen molar-refractivity contribution in [2.24, 2.45) is 5.92 Å². The van der Waals surface area contributed by atoms with Crippen LogP contribution in [-0.2, 0) is 15.9 Å². The minimum Gasteiger partial charge on any atom is -0.456 e. The molecular formula is C18H28O3. The summed E-state index contributed by atoms with van der Waals surface area (Å²) in [5, 5.41) is 0. The highest BCUT2D eigenvalue weighted by atomic mass is 16.6. The second-order valence-electron chi connectivity index (χ2n) is 5.90. The van der Waals surface area contributed by atoms with E-state index in [9.17, 15) is 4.79 Å². The maximum absolute atomic E-state index is 12.3. The predicted octanol–water partition coefficient (Wildman–Crippen LogP) is 4.25. The summed E-state index contributed by atoms with van der Waals surface area (Å²) >= 11 is 0. The van der Waals surface area contributed by atoms with Crippen LogP contribution in [-0.4, -0.2) is 25.8 Å². The fraction of sp³-hybridized carbons (Fsp3) is 0.611. The van der Waals surface area contributed by atoms with E-state index in [1.54, 1.807) is 7.11 Å². The summed E-state index contributed by atoms with van der Waals surface area (Å²) in [5.74, 6) is 0.342. The lowest BCUT2D eigenvalue weighted by atomic mass is 10.0. The van der Waals surface area contributed by atoms with E-state index in [0.717, 1.165) is 25.7 Å². The SMILES string of the molecule is CCCc1cccc(C(=O)OC(CCC(C)C)COC)c1. The van der Waals surface area contributed by atoms with E-state index in [-0.39, 0.29) is 12.1 Å². The maximum atomic E-state index is 12.3. The number of methoxy groups -OCH3 is 1. The lowest BCUT2D eigenvalue weighted by Crippen LogP contribution is -2.23. The lowest BCUT2D eigenvalue weighted by Gasteiger charge is -2.18. The molecule has 21 heavy (non-hydrogen) atoms. The van der Waals surface area contributed by atoms with E-state index in [0.29, 0.717) is 18.1 Å². The molecule has 0 saturated heterocycles. The molecule has 0 heterocycles. The van der Waals surface area contributed by atoms with Gasteiger partial charge < -0.3 is 9.47 Å². The molecule has 0 amide bonds. The number of carbonyl (C=O) groups excluding carboxylic acids is 1. The Morgan fingerprint density at radius 2 is 2.00 bits per heavy atom. The van der Waals surface area contributed by atoms with E-state index < -0.39 is 0 Å². The van der Waals surface area contributed by atoms with Crippen molar-refractivity contribution < 1.29 is 14.3 Å². The molecule has 0 spiro atoms. The average molecular weight is 292 g/mol. The molecule has 118 valence electrons. The Labute approximate surface area is 128 Å². The zero-order valence-corrected chi connectivity index (χ0v) is 13.7. The third kappa shape index (κ3) is 6.76. The van der Waals surface area contributed by atoms with Crippen molar-refractivity contribution >= 4 is 5.97 Å². The topological polar surface area (TPSA) is 35.5 Å². The second kappa shape index (κ2) is 9.56. The smallest absolute Gasteiger partial charge is 0.338 e. The molecule has 3 heteroatoms. The minimum absolute atomic E-state index is 0.167. The van der Waals surface area contributed by atoms with Crippen molar-refractivity contribution in [2.45, 2.75) is 52.6 Å². The fourth-order valence-electron chi connectivity index (χ4n) is 2.24. The lowest BCUT2D eigenvalue weighted by molar-refractivity contribution is 0.00155. The van der Waals surface area contributed by atoms with Crippen LogP contribution in [0.4, 0.5) is 0 Å². The van der Waals surface area contributed by atoms with Crippen molar-refractivity contribution in [3.63, 3.8) is 0 Å². The number of aryl methyl sites for hydroxylation is 1. The van der Waals surface area contributed by atoms with Gasteiger partial charge in [0.1, 0.15) is 6.10 Å². The summed E-state index contributed by atoms with van der Waals surface area (Å²) in [4.78, 5) is 12.3. The van der Waals surface area contributed by atoms with Crippen molar-refractivity contribution in [3.05, 3.63) is 35.4 Å². The van der Waals surface area contributed by atoms with Gasteiger partial charge in [0.15, 0.2) is 0 Å². The van der Waals surface area contributed by atoms with Crippen LogP contribution in [0, 0.1) is 5.92 Å². The Kier molecular flexibility index (Phi) is 8.06.